The van der Waals surface area contributed by atoms with E-state index in [-0.39, 0.29) is 5.91 Å². The maximum Gasteiger partial charge on any atom is 0.421 e. The number of amides is 2. The third-order valence-electron chi connectivity index (χ3n) is 5.42. The van der Waals surface area contributed by atoms with Crippen LogP contribution in [0.15, 0.2) is 23.1 Å². The number of hydrogen-bond acceptors (Lipinski definition) is 4. The Kier molecular flexibility index (Phi) is 6.61. The summed E-state index contributed by atoms with van der Waals surface area (Å²) in [5.41, 5.74) is -2.51. The van der Waals surface area contributed by atoms with Crippen molar-refractivity contribution in [1.82, 2.24) is 19.3 Å². The second-order valence-corrected chi connectivity index (χ2v) is 7.45. The van der Waals surface area contributed by atoms with Gasteiger partial charge in [0.15, 0.2) is 0 Å². The number of carbonyl (C=O) groups excluding carboxylic acids is 2. The molecule has 0 spiro atoms. The number of pyridine rings is 1. The predicted molar refractivity (Wildman–Crippen MR) is 99.2 cm³/mol. The number of nitrogens with zero attached hydrogens (tertiary/aromatic N) is 4. The summed E-state index contributed by atoms with van der Waals surface area (Å²) in [4.78, 5) is 42.2. The molecule has 0 bridgehead atoms. The Balaban J connectivity index is 1.52. The standard InChI is InChI=1S/C19H25F3N4O3/c20-19(21,22)15-5-4-8-26(18(15)29)14-17(28)25-11-9-23(10-12-25)13-16(27)24-6-2-1-3-7-24/h4-5,8H,1-3,6-7,9-14H2. The lowest BCUT2D eigenvalue weighted by Gasteiger charge is -2.36. The highest BCUT2D eigenvalue weighted by Crippen LogP contribution is 2.26. The van der Waals surface area contributed by atoms with E-state index in [0.717, 1.165) is 43.0 Å². The normalized spacial score (nSPS) is 18.7. The van der Waals surface area contributed by atoms with Gasteiger partial charge in [0.25, 0.3) is 5.56 Å². The molecule has 3 heterocycles. The molecule has 3 rings (SSSR count). The van der Waals surface area contributed by atoms with E-state index < -0.39 is 29.8 Å². The Morgan fingerprint density at radius 3 is 2.07 bits per heavy atom. The van der Waals surface area contributed by atoms with Crippen LogP contribution in [0.3, 0.4) is 0 Å². The zero-order chi connectivity index (χ0) is 21.0. The minimum Gasteiger partial charge on any atom is -0.342 e. The molecule has 160 valence electrons. The Labute approximate surface area is 166 Å². The topological polar surface area (TPSA) is 65.9 Å². The average Bonchev–Trinajstić information content (AvgIpc) is 2.70. The molecule has 2 fully saturated rings. The zero-order valence-corrected chi connectivity index (χ0v) is 16.2. The van der Waals surface area contributed by atoms with E-state index >= 15 is 0 Å². The molecular weight excluding hydrogens is 389 g/mol. The molecule has 2 amide bonds. The molecule has 29 heavy (non-hydrogen) atoms. The summed E-state index contributed by atoms with van der Waals surface area (Å²) in [7, 11) is 0. The molecule has 2 aliphatic heterocycles. The number of piperidine rings is 1. The van der Waals surface area contributed by atoms with Crippen molar-refractivity contribution in [2.75, 3.05) is 45.8 Å². The second-order valence-electron chi connectivity index (χ2n) is 7.45. The Morgan fingerprint density at radius 1 is 0.862 bits per heavy atom. The molecule has 0 aromatic carbocycles. The number of aromatic nitrogens is 1. The second kappa shape index (κ2) is 8.98. The Morgan fingerprint density at radius 2 is 1.45 bits per heavy atom. The van der Waals surface area contributed by atoms with Gasteiger partial charge in [-0.2, -0.15) is 13.2 Å². The summed E-state index contributed by atoms with van der Waals surface area (Å²) in [6.07, 6.45) is -0.357. The number of alkyl halides is 3. The maximum absolute atomic E-state index is 12.9. The zero-order valence-electron chi connectivity index (χ0n) is 16.2. The van der Waals surface area contributed by atoms with Gasteiger partial charge in [-0.25, -0.2) is 0 Å². The van der Waals surface area contributed by atoms with E-state index in [4.69, 9.17) is 0 Å². The van der Waals surface area contributed by atoms with Crippen molar-refractivity contribution in [2.45, 2.75) is 32.0 Å². The minimum absolute atomic E-state index is 0.0972. The smallest absolute Gasteiger partial charge is 0.342 e. The van der Waals surface area contributed by atoms with Gasteiger partial charge < -0.3 is 14.4 Å². The van der Waals surface area contributed by atoms with Gasteiger partial charge in [0, 0.05) is 45.5 Å². The molecule has 0 saturated carbocycles. The maximum atomic E-state index is 12.9. The van der Waals surface area contributed by atoms with Crippen LogP contribution in [0, 0.1) is 0 Å². The fraction of sp³-hybridized carbons (Fsp3) is 0.632. The summed E-state index contributed by atoms with van der Waals surface area (Å²) < 4.78 is 39.4. The first-order valence-corrected chi connectivity index (χ1v) is 9.80. The highest BCUT2D eigenvalue weighted by molar-refractivity contribution is 5.78. The van der Waals surface area contributed by atoms with Crippen molar-refractivity contribution in [1.29, 1.82) is 0 Å². The first-order chi connectivity index (χ1) is 13.8. The molecule has 1 aromatic heterocycles. The van der Waals surface area contributed by atoms with Crippen LogP contribution in [-0.4, -0.2) is 76.9 Å². The highest BCUT2D eigenvalue weighted by Gasteiger charge is 2.34. The van der Waals surface area contributed by atoms with E-state index in [2.05, 4.69) is 0 Å². The molecule has 7 nitrogen and oxygen atoms in total. The molecule has 0 unspecified atom stereocenters. The van der Waals surface area contributed by atoms with Gasteiger partial charge in [-0.3, -0.25) is 19.3 Å². The largest absolute Gasteiger partial charge is 0.421 e. The average molecular weight is 414 g/mol. The van der Waals surface area contributed by atoms with Gasteiger partial charge >= 0.3 is 6.18 Å². The number of piperazine rings is 1. The van der Waals surface area contributed by atoms with E-state index in [0.29, 0.717) is 38.8 Å². The van der Waals surface area contributed by atoms with Crippen LogP contribution < -0.4 is 5.56 Å². The van der Waals surface area contributed by atoms with Crippen LogP contribution >= 0.6 is 0 Å². The van der Waals surface area contributed by atoms with Crippen molar-refractivity contribution in [3.8, 4) is 0 Å². The van der Waals surface area contributed by atoms with Crippen LogP contribution in [0.4, 0.5) is 13.2 Å². The van der Waals surface area contributed by atoms with Crippen LogP contribution in [0.25, 0.3) is 0 Å². The quantitative estimate of drug-likeness (QED) is 0.738. The van der Waals surface area contributed by atoms with Crippen molar-refractivity contribution in [2.24, 2.45) is 0 Å². The molecular formula is C19H25F3N4O3. The third kappa shape index (κ3) is 5.37. The lowest BCUT2D eigenvalue weighted by Crippen LogP contribution is -2.52. The molecule has 0 N–H and O–H groups in total. The van der Waals surface area contributed by atoms with Crippen LogP contribution in [-0.2, 0) is 22.3 Å². The summed E-state index contributed by atoms with van der Waals surface area (Å²) >= 11 is 0. The monoisotopic (exact) mass is 414 g/mol. The van der Waals surface area contributed by atoms with E-state index in [1.165, 1.54) is 11.1 Å². The minimum atomic E-state index is -4.75. The first kappa shape index (κ1) is 21.4. The van der Waals surface area contributed by atoms with Gasteiger partial charge in [-0.05, 0) is 31.4 Å². The summed E-state index contributed by atoms with van der Waals surface area (Å²) in [5.74, 6) is -0.312. The number of carbonyl (C=O) groups is 2. The lowest BCUT2D eigenvalue weighted by atomic mass is 10.1. The van der Waals surface area contributed by atoms with E-state index in [9.17, 15) is 27.6 Å². The van der Waals surface area contributed by atoms with E-state index in [1.807, 2.05) is 9.80 Å². The fourth-order valence-corrected chi connectivity index (χ4v) is 3.71. The van der Waals surface area contributed by atoms with Gasteiger partial charge in [-0.1, -0.05) is 0 Å². The first-order valence-electron chi connectivity index (χ1n) is 9.80. The van der Waals surface area contributed by atoms with Crippen molar-refractivity contribution < 1.29 is 22.8 Å². The number of halogens is 3. The number of likely N-dealkylation sites (tertiary alicyclic amines) is 1. The molecule has 10 heteroatoms. The molecule has 1 aromatic rings. The van der Waals surface area contributed by atoms with Crippen LogP contribution in [0.1, 0.15) is 24.8 Å². The van der Waals surface area contributed by atoms with E-state index in [1.54, 1.807) is 0 Å². The lowest BCUT2D eigenvalue weighted by molar-refractivity contribution is -0.140. The molecule has 0 radical (unpaired) electrons. The summed E-state index contributed by atoms with van der Waals surface area (Å²) in [6.45, 7) is 3.25. The SMILES string of the molecule is O=C(CN1CCN(C(=O)Cn2cccc(C(F)(F)F)c2=O)CC1)N1CCCCC1. The molecule has 2 saturated heterocycles. The molecule has 0 atom stereocenters. The molecule has 0 aliphatic carbocycles. The van der Waals surface area contributed by atoms with Gasteiger partial charge in [0.1, 0.15) is 12.1 Å². The van der Waals surface area contributed by atoms with Gasteiger partial charge in [0.05, 0.1) is 6.54 Å². The third-order valence-corrected chi connectivity index (χ3v) is 5.42. The molecule has 2 aliphatic rings. The van der Waals surface area contributed by atoms with Crippen molar-refractivity contribution >= 4 is 11.8 Å². The summed E-state index contributed by atoms with van der Waals surface area (Å²) in [5, 5.41) is 0. The van der Waals surface area contributed by atoms with Crippen LogP contribution in [0.2, 0.25) is 0 Å². The Bertz CT molecular complexity index is 795. The van der Waals surface area contributed by atoms with Gasteiger partial charge in [0.2, 0.25) is 11.8 Å². The number of hydrogen-bond donors (Lipinski definition) is 0. The van der Waals surface area contributed by atoms with Gasteiger partial charge in [-0.15, -0.1) is 0 Å². The van der Waals surface area contributed by atoms with Crippen LogP contribution in [0.5, 0.6) is 0 Å². The van der Waals surface area contributed by atoms with Crippen molar-refractivity contribution in [3.05, 3.63) is 34.2 Å². The summed E-state index contributed by atoms with van der Waals surface area (Å²) in [6, 6.07) is 1.82. The predicted octanol–water partition coefficient (Wildman–Crippen LogP) is 1.02. The number of rotatable bonds is 4. The fourth-order valence-electron chi connectivity index (χ4n) is 3.71. The highest BCUT2D eigenvalue weighted by atomic mass is 19.4. The van der Waals surface area contributed by atoms with Crippen molar-refractivity contribution in [3.63, 3.8) is 0 Å². The Hall–Kier alpha value is -2.36.